The maximum atomic E-state index is 6.88. The molecule has 0 atom stereocenters. The van der Waals surface area contributed by atoms with Gasteiger partial charge >= 0.3 is 0 Å². The summed E-state index contributed by atoms with van der Waals surface area (Å²) in [6.07, 6.45) is 0. The summed E-state index contributed by atoms with van der Waals surface area (Å²) in [5, 5.41) is 15.2. The predicted molar refractivity (Wildman–Crippen MR) is 227 cm³/mol. The van der Waals surface area contributed by atoms with Crippen molar-refractivity contribution in [3.05, 3.63) is 182 Å². The van der Waals surface area contributed by atoms with Crippen LogP contribution in [0.2, 0.25) is 0 Å². The summed E-state index contributed by atoms with van der Waals surface area (Å²) in [5.41, 5.74) is 8.49. The quantitative estimate of drug-likeness (QED) is 0.173. The summed E-state index contributed by atoms with van der Waals surface area (Å²) in [5.74, 6) is 0.864. The van der Waals surface area contributed by atoms with Crippen molar-refractivity contribution in [1.29, 1.82) is 0 Å². The van der Waals surface area contributed by atoms with Crippen LogP contribution >= 0.6 is 0 Å². The Bertz CT molecular complexity index is 3500. The molecular weight excluding hydrogens is 657 g/mol. The number of fused-ring (bicyclic) bond motifs is 10. The summed E-state index contributed by atoms with van der Waals surface area (Å²) in [7, 11) is 0. The summed E-state index contributed by atoms with van der Waals surface area (Å²) in [4.78, 5) is 0. The molecule has 54 heavy (non-hydrogen) atoms. The second-order valence-electron chi connectivity index (χ2n) is 14.4. The third-order valence-electron chi connectivity index (χ3n) is 11.4. The first-order valence-electron chi connectivity index (χ1n) is 18.5. The molecule has 0 saturated heterocycles. The van der Waals surface area contributed by atoms with E-state index in [0.29, 0.717) is 0 Å². The van der Waals surface area contributed by atoms with Gasteiger partial charge in [0.15, 0.2) is 0 Å². The SMILES string of the molecule is c1ccc2cc3c(cc2c1)oc1cccc(-c2c4ccccc4c(-c4cc5c(ccc6ccccc65)o4)c4cc(-c5cccc6ccccc56)ccc24)c13. The van der Waals surface area contributed by atoms with E-state index in [2.05, 4.69) is 182 Å². The van der Waals surface area contributed by atoms with Gasteiger partial charge in [-0.25, -0.2) is 0 Å². The highest BCUT2D eigenvalue weighted by Crippen LogP contribution is 2.49. The zero-order valence-corrected chi connectivity index (χ0v) is 29.1. The van der Waals surface area contributed by atoms with Gasteiger partial charge in [-0.05, 0) is 113 Å². The third kappa shape index (κ3) is 4.22. The first kappa shape index (κ1) is 29.4. The molecule has 0 amide bonds. The lowest BCUT2D eigenvalue weighted by molar-refractivity contribution is 0.633. The highest BCUT2D eigenvalue weighted by atomic mass is 16.3. The second-order valence-corrected chi connectivity index (χ2v) is 14.4. The van der Waals surface area contributed by atoms with Crippen molar-refractivity contribution in [3.8, 4) is 33.6 Å². The topological polar surface area (TPSA) is 26.3 Å². The molecule has 2 heterocycles. The van der Waals surface area contributed by atoms with Crippen LogP contribution < -0.4 is 0 Å². The van der Waals surface area contributed by atoms with E-state index < -0.39 is 0 Å². The van der Waals surface area contributed by atoms with E-state index in [9.17, 15) is 0 Å². The van der Waals surface area contributed by atoms with Crippen LogP contribution in [0, 0.1) is 0 Å². The van der Waals surface area contributed by atoms with Gasteiger partial charge in [-0.2, -0.15) is 0 Å². The molecule has 0 spiro atoms. The average molecular weight is 687 g/mol. The van der Waals surface area contributed by atoms with Crippen LogP contribution in [0.15, 0.2) is 191 Å². The fourth-order valence-electron chi connectivity index (χ4n) is 9.01. The van der Waals surface area contributed by atoms with Crippen molar-refractivity contribution < 1.29 is 8.83 Å². The van der Waals surface area contributed by atoms with Crippen molar-refractivity contribution in [2.24, 2.45) is 0 Å². The van der Waals surface area contributed by atoms with E-state index in [1.54, 1.807) is 0 Å². The van der Waals surface area contributed by atoms with Gasteiger partial charge in [0.1, 0.15) is 22.5 Å². The van der Waals surface area contributed by atoms with E-state index in [4.69, 9.17) is 8.83 Å². The number of benzene rings is 10. The van der Waals surface area contributed by atoms with Crippen molar-refractivity contribution in [2.45, 2.75) is 0 Å². The van der Waals surface area contributed by atoms with Gasteiger partial charge < -0.3 is 8.83 Å². The minimum atomic E-state index is 0.864. The van der Waals surface area contributed by atoms with Gasteiger partial charge in [-0.3, -0.25) is 0 Å². The molecular formula is C52H30O2. The van der Waals surface area contributed by atoms with Crippen molar-refractivity contribution >= 4 is 86.8 Å². The zero-order valence-electron chi connectivity index (χ0n) is 29.1. The molecule has 0 aliphatic carbocycles. The van der Waals surface area contributed by atoms with Crippen molar-refractivity contribution in [1.82, 2.24) is 0 Å². The molecule has 0 N–H and O–H groups in total. The standard InChI is InChI=1S/C52H30O2/c1-2-14-34-29-48-45(27-33(34)13-1)52-42(21-10-22-47(52)54-48)50-39-18-7-8-19-40(39)51(49-30-43-37-17-6-4-12-32(37)24-26-46(43)53-49)44-28-35(23-25-41(44)50)38-20-9-15-31-11-3-5-16-36(31)38/h1-30H. The van der Waals surface area contributed by atoms with Crippen LogP contribution in [0.3, 0.4) is 0 Å². The largest absolute Gasteiger partial charge is 0.456 e. The molecule has 0 radical (unpaired) electrons. The van der Waals surface area contributed by atoms with Gasteiger partial charge in [0.05, 0.1) is 0 Å². The number of furan rings is 2. The average Bonchev–Trinajstić information content (AvgIpc) is 3.83. The molecule has 0 unspecified atom stereocenters. The highest BCUT2D eigenvalue weighted by molar-refractivity contribution is 6.27. The predicted octanol–water partition coefficient (Wildman–Crippen LogP) is 15.1. The summed E-state index contributed by atoms with van der Waals surface area (Å²) >= 11 is 0. The van der Waals surface area contributed by atoms with E-state index in [1.807, 2.05) is 0 Å². The van der Waals surface area contributed by atoms with Crippen molar-refractivity contribution in [2.75, 3.05) is 0 Å². The number of hydrogen-bond acceptors (Lipinski definition) is 2. The molecule has 10 aromatic carbocycles. The molecule has 2 heteroatoms. The Hall–Kier alpha value is -7.16. The first-order chi connectivity index (χ1) is 26.8. The maximum Gasteiger partial charge on any atom is 0.136 e. The Morgan fingerprint density at radius 2 is 0.907 bits per heavy atom. The molecule has 0 bridgehead atoms. The van der Waals surface area contributed by atoms with E-state index in [1.165, 1.54) is 59.8 Å². The fourth-order valence-corrected chi connectivity index (χ4v) is 9.01. The van der Waals surface area contributed by atoms with Gasteiger partial charge in [0.25, 0.3) is 0 Å². The fraction of sp³-hybridized carbons (Fsp3) is 0. The summed E-state index contributed by atoms with van der Waals surface area (Å²) in [6.45, 7) is 0. The lowest BCUT2D eigenvalue weighted by Crippen LogP contribution is -1.92. The van der Waals surface area contributed by atoms with Crippen molar-refractivity contribution in [3.63, 3.8) is 0 Å². The van der Waals surface area contributed by atoms with Crippen LogP contribution in [-0.4, -0.2) is 0 Å². The molecule has 2 nitrogen and oxygen atoms in total. The monoisotopic (exact) mass is 686 g/mol. The first-order valence-corrected chi connectivity index (χ1v) is 18.5. The van der Waals surface area contributed by atoms with Gasteiger partial charge in [-0.1, -0.05) is 146 Å². The molecule has 0 aliphatic heterocycles. The lowest BCUT2D eigenvalue weighted by Gasteiger charge is -2.18. The Morgan fingerprint density at radius 3 is 1.74 bits per heavy atom. The normalized spacial score (nSPS) is 12.1. The minimum Gasteiger partial charge on any atom is -0.456 e. The number of hydrogen-bond donors (Lipinski definition) is 0. The third-order valence-corrected chi connectivity index (χ3v) is 11.4. The van der Waals surface area contributed by atoms with E-state index in [-0.39, 0.29) is 0 Å². The molecule has 0 saturated carbocycles. The van der Waals surface area contributed by atoms with E-state index in [0.717, 1.165) is 60.6 Å². The lowest BCUT2D eigenvalue weighted by atomic mass is 9.84. The molecule has 250 valence electrons. The molecule has 12 aromatic rings. The van der Waals surface area contributed by atoms with E-state index >= 15 is 0 Å². The zero-order chi connectivity index (χ0) is 35.3. The van der Waals surface area contributed by atoms with Crippen LogP contribution in [0.4, 0.5) is 0 Å². The molecule has 12 rings (SSSR count). The Balaban J connectivity index is 1.23. The minimum absolute atomic E-state index is 0.864. The summed E-state index contributed by atoms with van der Waals surface area (Å²) < 4.78 is 13.5. The van der Waals surface area contributed by atoms with Crippen LogP contribution in [0.25, 0.3) is 120 Å². The van der Waals surface area contributed by atoms with Crippen LogP contribution in [-0.2, 0) is 0 Å². The Kier molecular flexibility index (Phi) is 6.09. The highest BCUT2D eigenvalue weighted by Gasteiger charge is 2.23. The smallest absolute Gasteiger partial charge is 0.136 e. The molecule has 2 aromatic heterocycles. The van der Waals surface area contributed by atoms with Crippen LogP contribution in [0.1, 0.15) is 0 Å². The van der Waals surface area contributed by atoms with Gasteiger partial charge in [0, 0.05) is 21.7 Å². The molecule has 0 fully saturated rings. The van der Waals surface area contributed by atoms with Crippen LogP contribution in [0.5, 0.6) is 0 Å². The summed E-state index contributed by atoms with van der Waals surface area (Å²) in [6, 6.07) is 65.6. The number of rotatable bonds is 3. The van der Waals surface area contributed by atoms with Gasteiger partial charge in [0.2, 0.25) is 0 Å². The second kappa shape index (κ2) is 11.2. The Labute approximate surface area is 310 Å². The maximum absolute atomic E-state index is 6.88. The van der Waals surface area contributed by atoms with Gasteiger partial charge in [-0.15, -0.1) is 0 Å². The molecule has 0 aliphatic rings. The Morgan fingerprint density at radius 1 is 0.278 bits per heavy atom.